The second-order valence-electron chi connectivity index (χ2n) is 7.29. The van der Waals surface area contributed by atoms with E-state index in [2.05, 4.69) is 15.3 Å². The minimum Gasteiger partial charge on any atom is -0.490 e. The molecule has 3 heterocycles. The zero-order chi connectivity index (χ0) is 19.7. The maximum atomic E-state index is 12.6. The topological polar surface area (TPSA) is 79.7 Å². The molecule has 8 nitrogen and oxygen atoms in total. The van der Waals surface area contributed by atoms with Crippen LogP contribution in [0.1, 0.15) is 13.3 Å². The summed E-state index contributed by atoms with van der Waals surface area (Å²) in [6.45, 7) is 4.50. The van der Waals surface area contributed by atoms with Gasteiger partial charge in [0, 0.05) is 44.9 Å². The van der Waals surface area contributed by atoms with Gasteiger partial charge in [-0.1, -0.05) is 13.0 Å². The van der Waals surface area contributed by atoms with Crippen LogP contribution in [-0.2, 0) is 16.6 Å². The van der Waals surface area contributed by atoms with Crippen molar-refractivity contribution in [2.45, 2.75) is 19.4 Å². The first-order valence-electron chi connectivity index (χ1n) is 9.61. The van der Waals surface area contributed by atoms with Gasteiger partial charge in [-0.15, -0.1) is 0 Å². The molecule has 2 aromatic rings. The molecule has 1 atom stereocenters. The molecule has 1 aromatic heterocycles. The third-order valence-electron chi connectivity index (χ3n) is 5.33. The molecule has 28 heavy (non-hydrogen) atoms. The Labute approximate surface area is 164 Å². The normalized spacial score (nSPS) is 20.1. The molecular weight excluding hydrogens is 358 g/mol. The van der Waals surface area contributed by atoms with Crippen LogP contribution in [0.3, 0.4) is 0 Å². The van der Waals surface area contributed by atoms with E-state index in [4.69, 9.17) is 4.74 Å². The lowest BCUT2D eigenvalue weighted by atomic mass is 10.1. The standard InChI is InChI=1S/C20H25N5O3/c1-3-20(27)25-7-6-24-12-19(26)22-17-8-14(15-9-21-23(2)10-15)4-5-18(17)28-13-16(24)11-25/h4-5,8-10,16H,3,6-7,11-13H2,1-2H3,(H,22,26)/t16-/m0/s1. The number of hydrogen-bond acceptors (Lipinski definition) is 5. The van der Waals surface area contributed by atoms with Gasteiger partial charge in [0.15, 0.2) is 0 Å². The largest absolute Gasteiger partial charge is 0.490 e. The van der Waals surface area contributed by atoms with Crippen LogP contribution in [0.2, 0.25) is 0 Å². The van der Waals surface area contributed by atoms with E-state index in [0.29, 0.717) is 50.6 Å². The molecule has 0 aliphatic carbocycles. The van der Waals surface area contributed by atoms with Gasteiger partial charge < -0.3 is 15.0 Å². The molecule has 0 spiro atoms. The molecule has 4 rings (SSSR count). The van der Waals surface area contributed by atoms with Gasteiger partial charge in [-0.3, -0.25) is 19.2 Å². The lowest BCUT2D eigenvalue weighted by molar-refractivity contribution is -0.134. The van der Waals surface area contributed by atoms with E-state index in [1.807, 2.05) is 43.3 Å². The minimum atomic E-state index is -0.0737. The number of rotatable bonds is 2. The number of ether oxygens (including phenoxy) is 1. The zero-order valence-corrected chi connectivity index (χ0v) is 16.2. The van der Waals surface area contributed by atoms with Crippen molar-refractivity contribution in [2.75, 3.05) is 38.1 Å². The smallest absolute Gasteiger partial charge is 0.238 e. The number of benzene rings is 1. The van der Waals surface area contributed by atoms with E-state index in [0.717, 1.165) is 11.1 Å². The lowest BCUT2D eigenvalue weighted by Crippen LogP contribution is -2.57. The summed E-state index contributed by atoms with van der Waals surface area (Å²) in [5, 5.41) is 7.19. The average molecular weight is 383 g/mol. The third-order valence-corrected chi connectivity index (χ3v) is 5.33. The molecule has 1 fully saturated rings. The van der Waals surface area contributed by atoms with Crippen molar-refractivity contribution < 1.29 is 14.3 Å². The Morgan fingerprint density at radius 3 is 2.93 bits per heavy atom. The molecule has 2 amide bonds. The molecule has 1 aromatic carbocycles. The SMILES string of the molecule is CCC(=O)N1CCN2CC(=O)Nc3cc(-c4cnn(C)c4)ccc3OC[C@@H]2C1. The molecule has 0 saturated carbocycles. The number of hydrogen-bond donors (Lipinski definition) is 1. The molecule has 1 saturated heterocycles. The van der Waals surface area contributed by atoms with Gasteiger partial charge in [0.2, 0.25) is 11.8 Å². The van der Waals surface area contributed by atoms with Gasteiger partial charge in [0.1, 0.15) is 12.4 Å². The van der Waals surface area contributed by atoms with Crippen LogP contribution in [0.5, 0.6) is 5.75 Å². The Kier molecular flexibility index (Phi) is 5.04. The quantitative estimate of drug-likeness (QED) is 0.847. The highest BCUT2D eigenvalue weighted by atomic mass is 16.5. The van der Waals surface area contributed by atoms with Gasteiger partial charge in [0.25, 0.3) is 0 Å². The number of amides is 2. The number of nitrogens with zero attached hydrogens (tertiary/aromatic N) is 4. The molecule has 148 valence electrons. The van der Waals surface area contributed by atoms with Crippen molar-refractivity contribution in [3.63, 3.8) is 0 Å². The molecular formula is C20H25N5O3. The van der Waals surface area contributed by atoms with Crippen LogP contribution in [0, 0.1) is 0 Å². The summed E-state index contributed by atoms with van der Waals surface area (Å²) in [7, 11) is 1.87. The summed E-state index contributed by atoms with van der Waals surface area (Å²) < 4.78 is 7.81. The molecule has 0 unspecified atom stereocenters. The summed E-state index contributed by atoms with van der Waals surface area (Å²) in [6, 6.07) is 5.76. The first-order valence-corrected chi connectivity index (χ1v) is 9.61. The lowest BCUT2D eigenvalue weighted by Gasteiger charge is -2.40. The van der Waals surface area contributed by atoms with Crippen molar-refractivity contribution in [3.8, 4) is 16.9 Å². The highest BCUT2D eigenvalue weighted by molar-refractivity contribution is 5.94. The summed E-state index contributed by atoms with van der Waals surface area (Å²) >= 11 is 0. The fraction of sp³-hybridized carbons (Fsp3) is 0.450. The fourth-order valence-electron chi connectivity index (χ4n) is 3.77. The van der Waals surface area contributed by atoms with Crippen molar-refractivity contribution >= 4 is 17.5 Å². The van der Waals surface area contributed by atoms with E-state index >= 15 is 0 Å². The first kappa shape index (κ1) is 18.5. The highest BCUT2D eigenvalue weighted by Crippen LogP contribution is 2.32. The number of aromatic nitrogens is 2. The van der Waals surface area contributed by atoms with Crippen LogP contribution >= 0.6 is 0 Å². The van der Waals surface area contributed by atoms with Crippen LogP contribution in [0.4, 0.5) is 5.69 Å². The van der Waals surface area contributed by atoms with E-state index in [1.54, 1.807) is 10.9 Å². The number of nitrogens with one attached hydrogen (secondary N) is 1. The summed E-state index contributed by atoms with van der Waals surface area (Å²) in [5.41, 5.74) is 2.60. The maximum Gasteiger partial charge on any atom is 0.238 e. The van der Waals surface area contributed by atoms with Gasteiger partial charge in [0.05, 0.1) is 24.5 Å². The Morgan fingerprint density at radius 1 is 1.32 bits per heavy atom. The van der Waals surface area contributed by atoms with Crippen molar-refractivity contribution in [3.05, 3.63) is 30.6 Å². The first-order chi connectivity index (χ1) is 13.5. The molecule has 2 aliphatic heterocycles. The maximum absolute atomic E-state index is 12.6. The number of carbonyl (C=O) groups is 2. The van der Waals surface area contributed by atoms with Crippen LogP contribution in [0.15, 0.2) is 30.6 Å². The second kappa shape index (κ2) is 7.63. The van der Waals surface area contributed by atoms with Crippen LogP contribution < -0.4 is 10.1 Å². The highest BCUT2D eigenvalue weighted by Gasteiger charge is 2.32. The van der Waals surface area contributed by atoms with Gasteiger partial charge in [-0.25, -0.2) is 0 Å². The number of piperazine rings is 1. The monoisotopic (exact) mass is 383 g/mol. The Balaban J connectivity index is 1.57. The fourth-order valence-corrected chi connectivity index (χ4v) is 3.77. The molecule has 0 bridgehead atoms. The Bertz CT molecular complexity index is 894. The number of anilines is 1. The summed E-state index contributed by atoms with van der Waals surface area (Å²) in [5.74, 6) is 0.711. The molecule has 1 N–H and O–H groups in total. The average Bonchev–Trinajstić information content (AvgIpc) is 3.14. The van der Waals surface area contributed by atoms with E-state index in [9.17, 15) is 9.59 Å². The van der Waals surface area contributed by atoms with Crippen LogP contribution in [-0.4, -0.2) is 70.2 Å². The molecule has 2 aliphatic rings. The summed E-state index contributed by atoms with van der Waals surface area (Å²) in [6.07, 6.45) is 4.21. The summed E-state index contributed by atoms with van der Waals surface area (Å²) in [4.78, 5) is 28.7. The minimum absolute atomic E-state index is 0.000972. The van der Waals surface area contributed by atoms with E-state index in [1.165, 1.54) is 0 Å². The number of aryl methyl sites for hydroxylation is 1. The van der Waals surface area contributed by atoms with E-state index < -0.39 is 0 Å². The van der Waals surface area contributed by atoms with Crippen LogP contribution in [0.25, 0.3) is 11.1 Å². The second-order valence-corrected chi connectivity index (χ2v) is 7.29. The Morgan fingerprint density at radius 2 is 2.18 bits per heavy atom. The van der Waals surface area contributed by atoms with E-state index in [-0.39, 0.29) is 17.9 Å². The predicted octanol–water partition coefficient (Wildman–Crippen LogP) is 1.34. The van der Waals surface area contributed by atoms with Crippen molar-refractivity contribution in [2.24, 2.45) is 7.05 Å². The molecule has 8 heteroatoms. The van der Waals surface area contributed by atoms with Gasteiger partial charge >= 0.3 is 0 Å². The molecule has 0 radical (unpaired) electrons. The van der Waals surface area contributed by atoms with Gasteiger partial charge in [-0.05, 0) is 17.7 Å². The third kappa shape index (κ3) is 3.73. The number of carbonyl (C=O) groups excluding carboxylic acids is 2. The predicted molar refractivity (Wildman–Crippen MR) is 105 cm³/mol. The van der Waals surface area contributed by atoms with Crippen molar-refractivity contribution in [1.29, 1.82) is 0 Å². The van der Waals surface area contributed by atoms with Crippen molar-refractivity contribution in [1.82, 2.24) is 19.6 Å². The van der Waals surface area contributed by atoms with Gasteiger partial charge in [-0.2, -0.15) is 5.10 Å². The zero-order valence-electron chi connectivity index (χ0n) is 16.2. The number of fused-ring (bicyclic) bond motifs is 2. The Hall–Kier alpha value is -2.87.